The molecule has 1 aromatic heterocycles. The molecule has 1 aliphatic heterocycles. The Labute approximate surface area is 318 Å². The van der Waals surface area contributed by atoms with E-state index in [1.165, 1.54) is 4.91 Å². The Morgan fingerprint density at radius 1 is 0.827 bits per heavy atom. The minimum atomic E-state index is -1.38. The van der Waals surface area contributed by atoms with Crippen molar-refractivity contribution in [3.05, 3.63) is 136 Å². The van der Waals surface area contributed by atoms with E-state index >= 15 is 0 Å². The van der Waals surface area contributed by atoms with E-state index in [1.54, 1.807) is 11.9 Å². The Morgan fingerprint density at radius 2 is 1.56 bits per heavy atom. The number of aromatic nitrogens is 1. The van der Waals surface area contributed by atoms with Crippen LogP contribution >= 0.6 is 23.5 Å². The van der Waals surface area contributed by atoms with Crippen LogP contribution in [0.4, 0.5) is 22.7 Å². The number of hydrogen-bond donors (Lipinski definition) is 2. The van der Waals surface area contributed by atoms with E-state index in [9.17, 15) is 9.00 Å². The second-order valence-corrected chi connectivity index (χ2v) is 15.6. The van der Waals surface area contributed by atoms with E-state index < -0.39 is 11.0 Å². The molecule has 1 unspecified atom stereocenters. The number of nitrogens with one attached hydrogen (secondary N) is 2. The maximum absolute atomic E-state index is 13.2. The summed E-state index contributed by atoms with van der Waals surface area (Å²) in [6, 6.07) is 30.4. The molecule has 0 saturated carbocycles. The van der Waals surface area contributed by atoms with E-state index in [0.29, 0.717) is 10.6 Å². The number of allylic oxidation sites excluding steroid dienone is 3. The van der Waals surface area contributed by atoms with Gasteiger partial charge in [0.1, 0.15) is 11.0 Å². The monoisotopic (exact) mass is 747 g/mol. The second-order valence-electron chi connectivity index (χ2n) is 13.1. The molecule has 2 aliphatic rings. The molecule has 0 amide bonds. The topological polar surface area (TPSA) is 69.6 Å². The highest BCUT2D eigenvalue weighted by molar-refractivity contribution is 8.04. The van der Waals surface area contributed by atoms with Gasteiger partial charge in [0.2, 0.25) is 0 Å². The first kappa shape index (κ1) is 35.7. The molecule has 4 aromatic carbocycles. The van der Waals surface area contributed by atoms with Crippen LogP contribution in [0.3, 0.4) is 0 Å². The van der Waals surface area contributed by atoms with Gasteiger partial charge in [-0.2, -0.15) is 0 Å². The fourth-order valence-corrected chi connectivity index (χ4v) is 8.73. The van der Waals surface area contributed by atoms with Gasteiger partial charge in [-0.1, -0.05) is 54.1 Å². The smallest absolute Gasteiger partial charge is 0.152 e. The molecular formula is C42H42ClN5O2S2. The molecule has 7 nitrogen and oxygen atoms in total. The van der Waals surface area contributed by atoms with Crippen molar-refractivity contribution in [3.63, 3.8) is 0 Å². The number of carbonyl (C=O) groups excluding carboxylic acids is 1. The maximum Gasteiger partial charge on any atom is 0.152 e. The highest BCUT2D eigenvalue weighted by atomic mass is 35.5. The molecule has 2 heterocycles. The van der Waals surface area contributed by atoms with Crippen molar-refractivity contribution in [2.75, 3.05) is 45.4 Å². The van der Waals surface area contributed by atoms with Crippen LogP contribution in [0.25, 0.3) is 22.4 Å². The molecule has 52 heavy (non-hydrogen) atoms. The van der Waals surface area contributed by atoms with Crippen molar-refractivity contribution < 1.29 is 9.00 Å². The van der Waals surface area contributed by atoms with Crippen molar-refractivity contribution in [2.45, 2.75) is 31.6 Å². The Bertz CT molecular complexity index is 2170. The molecular weight excluding hydrogens is 706 g/mol. The minimum absolute atomic E-state index is 0.679. The predicted molar refractivity (Wildman–Crippen MR) is 221 cm³/mol. The van der Waals surface area contributed by atoms with Crippen LogP contribution in [0.2, 0.25) is 5.02 Å². The maximum atomic E-state index is 13.2. The third-order valence-electron chi connectivity index (χ3n) is 9.84. The number of nitrogens with zero attached hydrogens (tertiary/aromatic N) is 3. The average molecular weight is 748 g/mol. The van der Waals surface area contributed by atoms with E-state index in [4.69, 9.17) is 11.6 Å². The summed E-state index contributed by atoms with van der Waals surface area (Å²) in [7, 11) is 0.623. The SMILES string of the molecule is Cc1cc(S(=O)Nc2ccc(N3CCN(c4cccc(-c5c(C=O)c(C)n(C)c5-c5ccc(Cl)cc5)c4)CC3)cc2)ccc1NSC1=CCCC=C1. The van der Waals surface area contributed by atoms with Crippen LogP contribution in [0.1, 0.15) is 34.5 Å². The van der Waals surface area contributed by atoms with Gasteiger partial charge in [0.05, 0.1) is 10.6 Å². The summed E-state index contributed by atoms with van der Waals surface area (Å²) in [5.74, 6) is 0. The fraction of sp³-hybridized carbons (Fsp3) is 0.214. The Kier molecular flexibility index (Phi) is 10.9. The average Bonchev–Trinajstić information content (AvgIpc) is 3.44. The lowest BCUT2D eigenvalue weighted by Gasteiger charge is -2.37. The van der Waals surface area contributed by atoms with Gasteiger partial charge >= 0.3 is 0 Å². The first-order valence-electron chi connectivity index (χ1n) is 17.5. The van der Waals surface area contributed by atoms with E-state index in [-0.39, 0.29) is 0 Å². The lowest BCUT2D eigenvalue weighted by atomic mass is 9.97. The molecule has 2 N–H and O–H groups in total. The number of benzene rings is 4. The highest BCUT2D eigenvalue weighted by Crippen LogP contribution is 2.39. The van der Waals surface area contributed by atoms with Crippen LogP contribution in [0.5, 0.6) is 0 Å². The molecule has 0 radical (unpaired) electrons. The van der Waals surface area contributed by atoms with Crippen LogP contribution in [-0.2, 0) is 18.0 Å². The summed E-state index contributed by atoms with van der Waals surface area (Å²) >= 11 is 7.81. The second kappa shape index (κ2) is 15.9. The zero-order chi connectivity index (χ0) is 36.2. The number of aldehydes is 1. The van der Waals surface area contributed by atoms with Gasteiger partial charge in [-0.25, -0.2) is 4.21 Å². The largest absolute Gasteiger partial charge is 0.368 e. The van der Waals surface area contributed by atoms with Crippen molar-refractivity contribution >= 4 is 63.6 Å². The minimum Gasteiger partial charge on any atom is -0.368 e. The predicted octanol–water partition coefficient (Wildman–Crippen LogP) is 10.2. The zero-order valence-corrected chi connectivity index (χ0v) is 32.0. The number of hydrogen-bond acceptors (Lipinski definition) is 6. The first-order valence-corrected chi connectivity index (χ1v) is 19.8. The first-order chi connectivity index (χ1) is 25.3. The fourth-order valence-electron chi connectivity index (χ4n) is 6.84. The lowest BCUT2D eigenvalue weighted by molar-refractivity contribution is 0.112. The Morgan fingerprint density at radius 3 is 2.23 bits per heavy atom. The molecule has 1 saturated heterocycles. The summed E-state index contributed by atoms with van der Waals surface area (Å²) in [5, 5.41) is 0.679. The van der Waals surface area contributed by atoms with Gasteiger partial charge in [0, 0.05) is 82.7 Å². The van der Waals surface area contributed by atoms with Crippen molar-refractivity contribution in [2.24, 2.45) is 7.05 Å². The van der Waals surface area contributed by atoms with Crippen molar-refractivity contribution in [1.29, 1.82) is 0 Å². The van der Waals surface area contributed by atoms with Crippen LogP contribution in [0.15, 0.2) is 119 Å². The van der Waals surface area contributed by atoms with Crippen LogP contribution in [-0.4, -0.2) is 41.2 Å². The Balaban J connectivity index is 0.981. The molecule has 266 valence electrons. The number of rotatable bonds is 11. The quantitative estimate of drug-likeness (QED) is 0.104. The van der Waals surface area contributed by atoms with Gasteiger partial charge < -0.3 is 23.8 Å². The van der Waals surface area contributed by atoms with Crippen LogP contribution in [0, 0.1) is 13.8 Å². The molecule has 10 heteroatoms. The number of carbonyl (C=O) groups is 1. The molecule has 1 atom stereocenters. The van der Waals surface area contributed by atoms with E-state index in [2.05, 4.69) is 78.4 Å². The summed E-state index contributed by atoms with van der Waals surface area (Å²) < 4.78 is 21.9. The number of aryl methyl sites for hydroxylation is 1. The van der Waals surface area contributed by atoms with Gasteiger partial charge in [-0.05, 0) is 122 Å². The summed E-state index contributed by atoms with van der Waals surface area (Å²) in [6.07, 6.45) is 9.73. The molecule has 5 aromatic rings. The van der Waals surface area contributed by atoms with Crippen molar-refractivity contribution in [1.82, 2.24) is 4.57 Å². The van der Waals surface area contributed by atoms with Crippen LogP contribution < -0.4 is 19.2 Å². The Hall–Kier alpha value is -4.70. The molecule has 0 spiro atoms. The van der Waals surface area contributed by atoms with Gasteiger partial charge in [-0.3, -0.25) is 4.79 Å². The molecule has 0 bridgehead atoms. The van der Waals surface area contributed by atoms with E-state index in [1.807, 2.05) is 75.5 Å². The summed E-state index contributed by atoms with van der Waals surface area (Å²) in [5.41, 5.74) is 10.8. The van der Waals surface area contributed by atoms with Gasteiger partial charge in [0.25, 0.3) is 0 Å². The van der Waals surface area contributed by atoms with E-state index in [0.717, 1.165) is 107 Å². The highest BCUT2D eigenvalue weighted by Gasteiger charge is 2.23. The normalized spacial score (nSPS) is 15.0. The lowest BCUT2D eigenvalue weighted by Crippen LogP contribution is -2.46. The number of halogens is 1. The van der Waals surface area contributed by atoms with Crippen molar-refractivity contribution in [3.8, 4) is 22.4 Å². The number of anilines is 4. The zero-order valence-electron chi connectivity index (χ0n) is 29.6. The standard InChI is InChI=1S/C42H42ClN5O2S2/c1-29-26-38(20-21-40(29)44-51-37-10-5-4-6-11-37)52(50)45-34-16-18-35(19-17-34)47-22-24-48(25-23-47)36-9-7-8-32(27-36)41-39(28-49)30(2)46(3)42(41)31-12-14-33(43)15-13-31/h5,7-21,26-28,44-45H,4,6,22-25H2,1-3H3. The van der Waals surface area contributed by atoms with Gasteiger partial charge in [-0.15, -0.1) is 0 Å². The third kappa shape index (κ3) is 7.72. The summed E-state index contributed by atoms with van der Waals surface area (Å²) in [6.45, 7) is 7.49. The molecule has 1 fully saturated rings. The molecule has 7 rings (SSSR count). The molecule has 1 aliphatic carbocycles. The van der Waals surface area contributed by atoms with Gasteiger partial charge in [0.15, 0.2) is 6.29 Å². The summed E-state index contributed by atoms with van der Waals surface area (Å²) in [4.78, 5) is 19.1. The number of piperazine rings is 1. The third-order valence-corrected chi connectivity index (χ3v) is 12.1.